The van der Waals surface area contributed by atoms with E-state index in [1.165, 1.54) is 0 Å². The van der Waals surface area contributed by atoms with E-state index >= 15 is 0 Å². The molecular formula is C13H15N5. The maximum Gasteiger partial charge on any atom is 0.0795 e. The van der Waals surface area contributed by atoms with Gasteiger partial charge >= 0.3 is 0 Å². The van der Waals surface area contributed by atoms with Crippen LogP contribution in [0, 0.1) is 0 Å². The van der Waals surface area contributed by atoms with E-state index in [1.807, 2.05) is 35.9 Å². The van der Waals surface area contributed by atoms with Crippen LogP contribution in [-0.2, 0) is 7.05 Å². The van der Waals surface area contributed by atoms with E-state index in [0.29, 0.717) is 22.7 Å². The minimum absolute atomic E-state index is 0.569. The molecular weight excluding hydrogens is 226 g/mol. The molecule has 3 aromatic rings. The van der Waals surface area contributed by atoms with Crippen molar-refractivity contribution in [2.45, 2.75) is 0 Å². The number of nitrogen functional groups attached to an aromatic ring is 4. The van der Waals surface area contributed by atoms with E-state index in [4.69, 9.17) is 22.9 Å². The molecule has 0 atom stereocenters. The molecule has 3 rings (SSSR count). The van der Waals surface area contributed by atoms with Gasteiger partial charge in [-0.05, 0) is 24.3 Å². The van der Waals surface area contributed by atoms with Gasteiger partial charge in [0, 0.05) is 17.8 Å². The quantitative estimate of drug-likeness (QED) is 0.449. The fourth-order valence-electron chi connectivity index (χ4n) is 2.52. The molecule has 5 heteroatoms. The van der Waals surface area contributed by atoms with Crippen LogP contribution in [0.4, 0.5) is 22.7 Å². The third kappa shape index (κ3) is 1.10. The average Bonchev–Trinajstić information content (AvgIpc) is 2.63. The molecule has 0 spiro atoms. The van der Waals surface area contributed by atoms with Crippen molar-refractivity contribution in [1.82, 2.24) is 4.57 Å². The Morgan fingerprint density at radius 1 is 0.722 bits per heavy atom. The van der Waals surface area contributed by atoms with Crippen LogP contribution in [0.5, 0.6) is 0 Å². The molecule has 0 aliphatic rings. The number of nitrogens with two attached hydrogens (primary N) is 4. The largest absolute Gasteiger partial charge is 0.397 e. The molecule has 1 heterocycles. The van der Waals surface area contributed by atoms with Gasteiger partial charge in [-0.1, -0.05) is 0 Å². The molecule has 0 radical (unpaired) electrons. The van der Waals surface area contributed by atoms with E-state index < -0.39 is 0 Å². The van der Waals surface area contributed by atoms with Crippen molar-refractivity contribution in [2.75, 3.05) is 22.9 Å². The first-order valence-corrected chi connectivity index (χ1v) is 5.62. The smallest absolute Gasteiger partial charge is 0.0795 e. The Balaban J connectivity index is 2.67. The van der Waals surface area contributed by atoms with Crippen LogP contribution in [0.15, 0.2) is 24.3 Å². The van der Waals surface area contributed by atoms with E-state index in [-0.39, 0.29) is 0 Å². The average molecular weight is 241 g/mol. The number of aromatic nitrogens is 1. The van der Waals surface area contributed by atoms with Crippen molar-refractivity contribution in [2.24, 2.45) is 7.05 Å². The van der Waals surface area contributed by atoms with E-state index in [0.717, 1.165) is 21.8 Å². The van der Waals surface area contributed by atoms with Crippen molar-refractivity contribution in [3.8, 4) is 0 Å². The van der Waals surface area contributed by atoms with Crippen LogP contribution < -0.4 is 22.9 Å². The molecule has 0 bridgehead atoms. The summed E-state index contributed by atoms with van der Waals surface area (Å²) in [7, 11) is 1.91. The fraction of sp³-hybridized carbons (Fsp3) is 0.0769. The lowest BCUT2D eigenvalue weighted by Gasteiger charge is -2.06. The van der Waals surface area contributed by atoms with Crippen LogP contribution in [0.3, 0.4) is 0 Å². The maximum absolute atomic E-state index is 6.05. The monoisotopic (exact) mass is 241 g/mol. The zero-order chi connectivity index (χ0) is 13.0. The van der Waals surface area contributed by atoms with Gasteiger partial charge in [-0.15, -0.1) is 0 Å². The number of hydrogen-bond acceptors (Lipinski definition) is 4. The molecule has 92 valence electrons. The summed E-state index contributed by atoms with van der Waals surface area (Å²) in [6, 6.07) is 7.53. The SMILES string of the molecule is Cn1c2c(N)c(N)ccc2c2ccc(N)c(N)c21. The van der Waals surface area contributed by atoms with Gasteiger partial charge in [-0.3, -0.25) is 0 Å². The van der Waals surface area contributed by atoms with Gasteiger partial charge in [-0.2, -0.15) is 0 Å². The Labute approximate surface area is 104 Å². The highest BCUT2D eigenvalue weighted by Crippen LogP contribution is 2.38. The number of aryl methyl sites for hydroxylation is 1. The van der Waals surface area contributed by atoms with Gasteiger partial charge in [0.1, 0.15) is 0 Å². The second-order valence-corrected chi connectivity index (χ2v) is 4.49. The molecule has 0 aliphatic heterocycles. The number of rotatable bonds is 0. The first-order chi connectivity index (χ1) is 8.52. The van der Waals surface area contributed by atoms with Gasteiger partial charge < -0.3 is 27.5 Å². The summed E-state index contributed by atoms with van der Waals surface area (Å²) in [5, 5.41) is 2.07. The van der Waals surface area contributed by atoms with Crippen LogP contribution in [-0.4, -0.2) is 4.57 Å². The molecule has 0 saturated heterocycles. The van der Waals surface area contributed by atoms with Crippen molar-refractivity contribution in [3.63, 3.8) is 0 Å². The summed E-state index contributed by atoms with van der Waals surface area (Å²) in [4.78, 5) is 0. The third-order valence-corrected chi connectivity index (χ3v) is 3.46. The summed E-state index contributed by atoms with van der Waals surface area (Å²) in [5.74, 6) is 0. The van der Waals surface area contributed by atoms with Crippen molar-refractivity contribution < 1.29 is 0 Å². The Hall–Kier alpha value is -2.56. The number of benzene rings is 2. The zero-order valence-corrected chi connectivity index (χ0v) is 10.1. The Morgan fingerprint density at radius 2 is 1.11 bits per heavy atom. The van der Waals surface area contributed by atoms with Crippen LogP contribution in [0.25, 0.3) is 21.8 Å². The van der Waals surface area contributed by atoms with Crippen molar-refractivity contribution >= 4 is 44.6 Å². The molecule has 0 unspecified atom stereocenters. The highest BCUT2D eigenvalue weighted by Gasteiger charge is 2.15. The maximum atomic E-state index is 6.05. The predicted octanol–water partition coefficient (Wildman–Crippen LogP) is 1.66. The van der Waals surface area contributed by atoms with E-state index in [9.17, 15) is 0 Å². The third-order valence-electron chi connectivity index (χ3n) is 3.46. The summed E-state index contributed by atoms with van der Waals surface area (Å²) in [5.41, 5.74) is 27.9. The molecule has 2 aromatic carbocycles. The van der Waals surface area contributed by atoms with E-state index in [1.54, 1.807) is 0 Å². The van der Waals surface area contributed by atoms with Gasteiger partial charge in [0.05, 0.1) is 33.8 Å². The number of anilines is 4. The molecule has 5 nitrogen and oxygen atoms in total. The standard InChI is InChI=1S/C13H15N5/c1-18-12-6(2-4-8(14)10(12)16)7-3-5-9(15)11(17)13(7)18/h2-5H,14-17H2,1H3. The lowest BCUT2D eigenvalue weighted by Crippen LogP contribution is -2.00. The molecule has 1 aromatic heterocycles. The zero-order valence-electron chi connectivity index (χ0n) is 10.1. The summed E-state index contributed by atoms with van der Waals surface area (Å²) >= 11 is 0. The number of nitrogens with zero attached hydrogens (tertiary/aromatic N) is 1. The lowest BCUT2D eigenvalue weighted by molar-refractivity contribution is 1.02. The van der Waals surface area contributed by atoms with E-state index in [2.05, 4.69) is 0 Å². The van der Waals surface area contributed by atoms with Gasteiger partial charge in [0.2, 0.25) is 0 Å². The second-order valence-electron chi connectivity index (χ2n) is 4.49. The van der Waals surface area contributed by atoms with Crippen LogP contribution in [0.2, 0.25) is 0 Å². The molecule has 18 heavy (non-hydrogen) atoms. The van der Waals surface area contributed by atoms with Gasteiger partial charge in [0.25, 0.3) is 0 Å². The van der Waals surface area contributed by atoms with Crippen LogP contribution in [0.1, 0.15) is 0 Å². The lowest BCUT2D eigenvalue weighted by atomic mass is 10.1. The Morgan fingerprint density at radius 3 is 1.50 bits per heavy atom. The normalized spacial score (nSPS) is 11.4. The summed E-state index contributed by atoms with van der Waals surface area (Å²) in [6.45, 7) is 0. The topological polar surface area (TPSA) is 109 Å². The second kappa shape index (κ2) is 3.22. The molecule has 0 fully saturated rings. The van der Waals surface area contributed by atoms with Crippen molar-refractivity contribution in [1.29, 1.82) is 0 Å². The highest BCUT2D eigenvalue weighted by atomic mass is 15.0. The predicted molar refractivity (Wildman–Crippen MR) is 78.1 cm³/mol. The highest BCUT2D eigenvalue weighted by molar-refractivity contribution is 6.17. The number of fused-ring (bicyclic) bond motifs is 3. The minimum atomic E-state index is 0.569. The van der Waals surface area contributed by atoms with Gasteiger partial charge in [-0.25, -0.2) is 0 Å². The molecule has 0 aliphatic carbocycles. The first kappa shape index (κ1) is 10.6. The van der Waals surface area contributed by atoms with Gasteiger partial charge in [0.15, 0.2) is 0 Å². The fourth-order valence-corrected chi connectivity index (χ4v) is 2.52. The minimum Gasteiger partial charge on any atom is -0.397 e. The summed E-state index contributed by atoms with van der Waals surface area (Å²) < 4.78 is 1.95. The van der Waals surface area contributed by atoms with Crippen molar-refractivity contribution in [3.05, 3.63) is 24.3 Å². The molecule has 0 saturated carbocycles. The Bertz CT molecular complexity index is 720. The molecule has 0 amide bonds. The summed E-state index contributed by atoms with van der Waals surface area (Å²) in [6.07, 6.45) is 0. The Kier molecular flexibility index (Phi) is 1.90. The molecule has 8 N–H and O–H groups in total. The number of hydrogen-bond donors (Lipinski definition) is 4. The van der Waals surface area contributed by atoms with Crippen LogP contribution >= 0.6 is 0 Å². The first-order valence-electron chi connectivity index (χ1n) is 5.62.